The second-order valence-corrected chi connectivity index (χ2v) is 8.31. The predicted molar refractivity (Wildman–Crippen MR) is 128 cm³/mol. The summed E-state index contributed by atoms with van der Waals surface area (Å²) in [5.74, 6) is -0.236. The van der Waals surface area contributed by atoms with Crippen molar-refractivity contribution in [2.45, 2.75) is 26.4 Å². The number of thiophene rings is 1. The SMILES string of the molecule is CCn1nc(C(=O)NCc2cccs2)c2cc(NC(=O)NCCc3ccccc3)ccc21. The van der Waals surface area contributed by atoms with Gasteiger partial charge in [0.15, 0.2) is 5.69 Å². The molecule has 0 aliphatic rings. The van der Waals surface area contributed by atoms with Gasteiger partial charge in [0.25, 0.3) is 5.91 Å². The number of carbonyl (C=O) groups excluding carboxylic acids is 2. The molecule has 4 rings (SSSR count). The van der Waals surface area contributed by atoms with Crippen LogP contribution in [0.2, 0.25) is 0 Å². The van der Waals surface area contributed by atoms with Crippen LogP contribution >= 0.6 is 11.3 Å². The van der Waals surface area contributed by atoms with Crippen molar-refractivity contribution in [3.63, 3.8) is 0 Å². The lowest BCUT2D eigenvalue weighted by atomic mass is 10.1. The van der Waals surface area contributed by atoms with E-state index in [4.69, 9.17) is 0 Å². The molecule has 164 valence electrons. The Balaban J connectivity index is 1.44. The molecule has 0 fully saturated rings. The van der Waals surface area contributed by atoms with E-state index < -0.39 is 0 Å². The number of hydrogen-bond acceptors (Lipinski definition) is 4. The molecular formula is C24H25N5O2S. The number of fused-ring (bicyclic) bond motifs is 1. The lowest BCUT2D eigenvalue weighted by Crippen LogP contribution is -2.30. The van der Waals surface area contributed by atoms with E-state index >= 15 is 0 Å². The molecular weight excluding hydrogens is 422 g/mol. The first kappa shape index (κ1) is 21.6. The summed E-state index contributed by atoms with van der Waals surface area (Å²) in [7, 11) is 0. The molecule has 0 aliphatic carbocycles. The molecule has 0 aliphatic heterocycles. The topological polar surface area (TPSA) is 88.1 Å². The summed E-state index contributed by atoms with van der Waals surface area (Å²) in [6.45, 7) is 3.61. The fourth-order valence-electron chi connectivity index (χ4n) is 3.47. The average molecular weight is 448 g/mol. The van der Waals surface area contributed by atoms with Gasteiger partial charge in [-0.15, -0.1) is 11.3 Å². The van der Waals surface area contributed by atoms with Gasteiger partial charge in [-0.3, -0.25) is 9.48 Å². The molecule has 32 heavy (non-hydrogen) atoms. The van der Waals surface area contributed by atoms with Gasteiger partial charge in [-0.1, -0.05) is 36.4 Å². The maximum Gasteiger partial charge on any atom is 0.319 e. The quantitative estimate of drug-likeness (QED) is 0.374. The number of urea groups is 1. The van der Waals surface area contributed by atoms with Crippen LogP contribution in [0.1, 0.15) is 27.9 Å². The monoisotopic (exact) mass is 447 g/mol. The zero-order valence-corrected chi connectivity index (χ0v) is 18.6. The molecule has 4 aromatic rings. The lowest BCUT2D eigenvalue weighted by molar-refractivity contribution is 0.0947. The predicted octanol–water partition coefficient (Wildman–Crippen LogP) is 4.41. The molecule has 0 atom stereocenters. The molecule has 0 unspecified atom stereocenters. The smallest absolute Gasteiger partial charge is 0.319 e. The van der Waals surface area contributed by atoms with Crippen LogP contribution in [-0.2, 0) is 19.5 Å². The van der Waals surface area contributed by atoms with Gasteiger partial charge < -0.3 is 16.0 Å². The molecule has 0 saturated carbocycles. The molecule has 2 aromatic heterocycles. The number of benzene rings is 2. The summed E-state index contributed by atoms with van der Waals surface area (Å²) in [6.07, 6.45) is 0.755. The maximum atomic E-state index is 12.8. The summed E-state index contributed by atoms with van der Waals surface area (Å²) in [5.41, 5.74) is 2.98. The van der Waals surface area contributed by atoms with Crippen molar-refractivity contribution in [1.29, 1.82) is 0 Å². The highest BCUT2D eigenvalue weighted by molar-refractivity contribution is 7.09. The van der Waals surface area contributed by atoms with E-state index in [1.165, 1.54) is 5.56 Å². The number of nitrogens with one attached hydrogen (secondary N) is 3. The summed E-state index contributed by atoms with van der Waals surface area (Å²) < 4.78 is 1.79. The molecule has 3 amide bonds. The summed E-state index contributed by atoms with van der Waals surface area (Å²) in [5, 5.41) is 15.8. The summed E-state index contributed by atoms with van der Waals surface area (Å²) in [6, 6.07) is 19.1. The van der Waals surface area contributed by atoms with Gasteiger partial charge in [0, 0.05) is 29.0 Å². The number of rotatable bonds is 8. The molecule has 2 heterocycles. The number of anilines is 1. The Kier molecular flexibility index (Phi) is 6.81. The van der Waals surface area contributed by atoms with E-state index in [9.17, 15) is 9.59 Å². The third-order valence-electron chi connectivity index (χ3n) is 5.07. The van der Waals surface area contributed by atoms with E-state index in [0.717, 1.165) is 16.8 Å². The molecule has 0 radical (unpaired) electrons. The molecule has 0 bridgehead atoms. The van der Waals surface area contributed by atoms with Crippen LogP contribution in [0.15, 0.2) is 66.0 Å². The van der Waals surface area contributed by atoms with Gasteiger partial charge in [-0.05, 0) is 48.6 Å². The van der Waals surface area contributed by atoms with Crippen LogP contribution in [0.3, 0.4) is 0 Å². The van der Waals surface area contributed by atoms with E-state index in [-0.39, 0.29) is 11.9 Å². The third kappa shape index (κ3) is 5.15. The highest BCUT2D eigenvalue weighted by Gasteiger charge is 2.17. The normalized spacial score (nSPS) is 10.8. The molecule has 3 N–H and O–H groups in total. The Bertz CT molecular complexity index is 1200. The number of nitrogens with zero attached hydrogens (tertiary/aromatic N) is 2. The van der Waals surface area contributed by atoms with Crippen molar-refractivity contribution < 1.29 is 9.59 Å². The van der Waals surface area contributed by atoms with Gasteiger partial charge in [0.1, 0.15) is 0 Å². The first-order valence-corrected chi connectivity index (χ1v) is 11.4. The van der Waals surface area contributed by atoms with Gasteiger partial charge in [-0.2, -0.15) is 5.10 Å². The van der Waals surface area contributed by atoms with Crippen molar-refractivity contribution in [2.75, 3.05) is 11.9 Å². The van der Waals surface area contributed by atoms with E-state index in [2.05, 4.69) is 21.0 Å². The van der Waals surface area contributed by atoms with Crippen LogP contribution < -0.4 is 16.0 Å². The number of carbonyl (C=O) groups is 2. The Morgan fingerprint density at radius 3 is 2.62 bits per heavy atom. The zero-order chi connectivity index (χ0) is 22.3. The van der Waals surface area contributed by atoms with Gasteiger partial charge in [0.2, 0.25) is 0 Å². The summed E-state index contributed by atoms with van der Waals surface area (Å²) in [4.78, 5) is 26.2. The van der Waals surface area contributed by atoms with Crippen molar-refractivity contribution in [3.8, 4) is 0 Å². The average Bonchev–Trinajstić information content (AvgIpc) is 3.46. The van der Waals surface area contributed by atoms with Gasteiger partial charge in [-0.25, -0.2) is 4.79 Å². The standard InChI is InChI=1S/C24H25N5O2S/c1-2-29-21-11-10-18(27-24(31)25-13-12-17-7-4-3-5-8-17)15-20(21)22(28-29)23(30)26-16-19-9-6-14-32-19/h3-11,14-15H,2,12-13,16H2,1H3,(H,26,30)(H2,25,27,31). The fourth-order valence-corrected chi connectivity index (χ4v) is 4.11. The van der Waals surface area contributed by atoms with E-state index in [0.29, 0.717) is 36.4 Å². The number of aromatic nitrogens is 2. The molecule has 8 heteroatoms. The lowest BCUT2D eigenvalue weighted by Gasteiger charge is -2.08. The number of hydrogen-bond donors (Lipinski definition) is 3. The third-order valence-corrected chi connectivity index (χ3v) is 5.94. The molecule has 7 nitrogen and oxygen atoms in total. The van der Waals surface area contributed by atoms with Crippen LogP contribution in [-0.4, -0.2) is 28.3 Å². The first-order valence-electron chi connectivity index (χ1n) is 10.5. The van der Waals surface area contributed by atoms with Crippen molar-refractivity contribution in [1.82, 2.24) is 20.4 Å². The van der Waals surface area contributed by atoms with Crippen LogP contribution in [0.5, 0.6) is 0 Å². The minimum atomic E-state index is -0.285. The van der Waals surface area contributed by atoms with Crippen molar-refractivity contribution in [3.05, 3.63) is 82.2 Å². The second-order valence-electron chi connectivity index (χ2n) is 7.27. The minimum Gasteiger partial charge on any atom is -0.346 e. The van der Waals surface area contributed by atoms with Gasteiger partial charge in [0.05, 0.1) is 12.1 Å². The van der Waals surface area contributed by atoms with Gasteiger partial charge >= 0.3 is 6.03 Å². The van der Waals surface area contributed by atoms with Crippen LogP contribution in [0.25, 0.3) is 10.9 Å². The second kappa shape index (κ2) is 10.1. The highest BCUT2D eigenvalue weighted by atomic mass is 32.1. The Morgan fingerprint density at radius 1 is 1.03 bits per heavy atom. The van der Waals surface area contributed by atoms with Crippen LogP contribution in [0.4, 0.5) is 10.5 Å². The number of aryl methyl sites for hydroxylation is 1. The summed E-state index contributed by atoms with van der Waals surface area (Å²) >= 11 is 1.59. The van der Waals surface area contributed by atoms with Crippen LogP contribution in [0, 0.1) is 0 Å². The Hall–Kier alpha value is -3.65. The maximum absolute atomic E-state index is 12.8. The largest absolute Gasteiger partial charge is 0.346 e. The first-order chi connectivity index (χ1) is 15.6. The fraction of sp³-hybridized carbons (Fsp3) is 0.208. The van der Waals surface area contributed by atoms with Crippen molar-refractivity contribution in [2.24, 2.45) is 0 Å². The number of amides is 3. The Labute approximate surface area is 190 Å². The van der Waals surface area contributed by atoms with Crippen molar-refractivity contribution >= 4 is 39.9 Å². The van der Waals surface area contributed by atoms with E-state index in [1.807, 2.05) is 66.9 Å². The molecule has 0 spiro atoms. The molecule has 2 aromatic carbocycles. The Morgan fingerprint density at radius 2 is 1.88 bits per heavy atom. The van der Waals surface area contributed by atoms with E-state index in [1.54, 1.807) is 22.1 Å². The minimum absolute atomic E-state index is 0.236. The highest BCUT2D eigenvalue weighted by Crippen LogP contribution is 2.23. The molecule has 0 saturated heterocycles. The zero-order valence-electron chi connectivity index (χ0n) is 17.8.